The number of amides is 2. The predicted octanol–water partition coefficient (Wildman–Crippen LogP) is 3.94. The van der Waals surface area contributed by atoms with E-state index >= 15 is 0 Å². The largest absolute Gasteiger partial charge is 0.503 e. The van der Waals surface area contributed by atoms with Crippen molar-refractivity contribution in [1.29, 1.82) is 0 Å². The quantitative estimate of drug-likeness (QED) is 0.483. The van der Waals surface area contributed by atoms with E-state index in [4.69, 9.17) is 23.2 Å². The van der Waals surface area contributed by atoms with Gasteiger partial charge in [0.15, 0.2) is 5.75 Å². The average Bonchev–Trinajstić information content (AvgIpc) is 3.18. The van der Waals surface area contributed by atoms with Crippen LogP contribution in [0, 0.1) is 0 Å². The molecule has 0 aliphatic carbocycles. The van der Waals surface area contributed by atoms with Crippen LogP contribution in [0.2, 0.25) is 10.0 Å². The van der Waals surface area contributed by atoms with E-state index in [0.717, 1.165) is 5.56 Å². The van der Waals surface area contributed by atoms with Gasteiger partial charge in [0.2, 0.25) is 5.88 Å². The zero-order chi connectivity index (χ0) is 25.8. The van der Waals surface area contributed by atoms with Gasteiger partial charge in [-0.05, 0) is 29.8 Å². The Morgan fingerprint density at radius 3 is 2.31 bits per heavy atom. The van der Waals surface area contributed by atoms with Gasteiger partial charge in [0.25, 0.3) is 11.8 Å². The Labute approximate surface area is 219 Å². The van der Waals surface area contributed by atoms with E-state index in [0.29, 0.717) is 54.9 Å². The van der Waals surface area contributed by atoms with E-state index in [2.05, 4.69) is 4.90 Å². The van der Waals surface area contributed by atoms with Crippen LogP contribution in [0.1, 0.15) is 26.3 Å². The molecule has 0 unspecified atom stereocenters. The fraction of sp³-hybridized carbons (Fsp3) is 0.308. The van der Waals surface area contributed by atoms with Crippen LogP contribution in [0.4, 0.5) is 0 Å². The Morgan fingerprint density at radius 1 is 0.944 bits per heavy atom. The van der Waals surface area contributed by atoms with E-state index in [1.54, 1.807) is 25.2 Å². The SMILES string of the molecule is CN(Cc1ccc(Cl)c(Cl)c1)C(=O)c1cn(CCN2CCN(C(=O)c3ccccc3)CC2)c(O)c1O. The van der Waals surface area contributed by atoms with Crippen molar-refractivity contribution in [2.24, 2.45) is 0 Å². The molecule has 0 saturated carbocycles. The van der Waals surface area contributed by atoms with Gasteiger partial charge in [0.05, 0.1) is 10.0 Å². The number of aromatic hydroxyl groups is 2. The van der Waals surface area contributed by atoms with Gasteiger partial charge in [-0.15, -0.1) is 0 Å². The number of carbonyl (C=O) groups is 2. The summed E-state index contributed by atoms with van der Waals surface area (Å²) in [5, 5.41) is 21.6. The zero-order valence-electron chi connectivity index (χ0n) is 19.9. The molecule has 1 aromatic heterocycles. The highest BCUT2D eigenvalue weighted by Crippen LogP contribution is 2.32. The molecule has 0 atom stereocenters. The molecule has 8 nitrogen and oxygen atoms in total. The molecule has 2 aromatic carbocycles. The van der Waals surface area contributed by atoms with Crippen LogP contribution in [0.5, 0.6) is 11.6 Å². The minimum absolute atomic E-state index is 0.0216. The van der Waals surface area contributed by atoms with E-state index in [1.807, 2.05) is 35.2 Å². The molecule has 36 heavy (non-hydrogen) atoms. The van der Waals surface area contributed by atoms with Gasteiger partial charge in [-0.2, -0.15) is 0 Å². The van der Waals surface area contributed by atoms with Gasteiger partial charge in [-0.3, -0.25) is 14.5 Å². The smallest absolute Gasteiger partial charge is 0.259 e. The molecule has 2 N–H and O–H groups in total. The molecule has 2 heterocycles. The fourth-order valence-corrected chi connectivity index (χ4v) is 4.56. The van der Waals surface area contributed by atoms with Crippen LogP contribution in [-0.2, 0) is 13.1 Å². The number of piperazine rings is 1. The highest BCUT2D eigenvalue weighted by Gasteiger charge is 2.25. The van der Waals surface area contributed by atoms with Crippen molar-refractivity contribution in [2.75, 3.05) is 39.8 Å². The van der Waals surface area contributed by atoms with Crippen LogP contribution >= 0.6 is 23.2 Å². The summed E-state index contributed by atoms with van der Waals surface area (Å²) in [5.74, 6) is -1.20. The molecule has 1 saturated heterocycles. The number of nitrogens with zero attached hydrogens (tertiary/aromatic N) is 4. The summed E-state index contributed by atoms with van der Waals surface area (Å²) in [6.07, 6.45) is 1.47. The molecule has 0 spiro atoms. The van der Waals surface area contributed by atoms with E-state index in [9.17, 15) is 19.8 Å². The number of aromatic nitrogens is 1. The van der Waals surface area contributed by atoms with Gasteiger partial charge >= 0.3 is 0 Å². The lowest BCUT2D eigenvalue weighted by atomic mass is 10.2. The van der Waals surface area contributed by atoms with Crippen molar-refractivity contribution in [3.8, 4) is 11.6 Å². The van der Waals surface area contributed by atoms with Crippen molar-refractivity contribution in [3.63, 3.8) is 0 Å². The van der Waals surface area contributed by atoms with E-state index < -0.39 is 11.7 Å². The monoisotopic (exact) mass is 530 g/mol. The van der Waals surface area contributed by atoms with Gasteiger partial charge < -0.3 is 24.6 Å². The van der Waals surface area contributed by atoms with Crippen molar-refractivity contribution in [1.82, 2.24) is 19.3 Å². The van der Waals surface area contributed by atoms with Gasteiger partial charge in [0, 0.05) is 64.6 Å². The lowest BCUT2D eigenvalue weighted by molar-refractivity contribution is 0.0632. The summed E-state index contributed by atoms with van der Waals surface area (Å²) >= 11 is 12.0. The Morgan fingerprint density at radius 2 is 1.64 bits per heavy atom. The molecule has 0 radical (unpaired) electrons. The van der Waals surface area contributed by atoms with Crippen molar-refractivity contribution >= 4 is 35.0 Å². The minimum atomic E-state index is -0.445. The first-order chi connectivity index (χ1) is 17.2. The molecule has 190 valence electrons. The second kappa shape index (κ2) is 11.2. The lowest BCUT2D eigenvalue weighted by Gasteiger charge is -2.34. The first kappa shape index (κ1) is 25.9. The van der Waals surface area contributed by atoms with Crippen LogP contribution in [-0.4, -0.2) is 81.1 Å². The maximum absolute atomic E-state index is 12.9. The average molecular weight is 531 g/mol. The first-order valence-corrected chi connectivity index (χ1v) is 12.4. The van der Waals surface area contributed by atoms with Crippen LogP contribution < -0.4 is 0 Å². The summed E-state index contributed by atoms with van der Waals surface area (Å²) in [4.78, 5) is 31.0. The Hall–Kier alpha value is -3.20. The molecule has 4 rings (SSSR count). The fourth-order valence-electron chi connectivity index (χ4n) is 4.24. The third kappa shape index (κ3) is 5.78. The summed E-state index contributed by atoms with van der Waals surface area (Å²) in [6, 6.07) is 14.3. The number of rotatable bonds is 7. The van der Waals surface area contributed by atoms with Crippen LogP contribution in [0.3, 0.4) is 0 Å². The van der Waals surface area contributed by atoms with Gasteiger partial charge in [0.1, 0.15) is 5.56 Å². The molecule has 1 aliphatic heterocycles. The molecule has 2 amide bonds. The molecule has 1 fully saturated rings. The lowest BCUT2D eigenvalue weighted by Crippen LogP contribution is -2.49. The summed E-state index contributed by atoms with van der Waals surface area (Å²) < 4.78 is 1.47. The summed E-state index contributed by atoms with van der Waals surface area (Å²) in [5.41, 5.74) is 1.49. The van der Waals surface area contributed by atoms with Crippen molar-refractivity contribution in [3.05, 3.63) is 81.5 Å². The standard InChI is InChI=1S/C26H28Cl2N4O4/c1-29(16-18-7-8-21(27)22(28)15-18)25(35)20-17-32(26(36)23(20)33)14-11-30-9-12-31(13-10-30)24(34)19-5-3-2-4-6-19/h2-8,15,17,33,36H,9-14,16H2,1H3. The Bertz CT molecular complexity index is 1240. The van der Waals surface area contributed by atoms with Crippen molar-refractivity contribution < 1.29 is 19.8 Å². The van der Waals surface area contributed by atoms with Crippen LogP contribution in [0.25, 0.3) is 0 Å². The second-order valence-corrected chi connectivity index (χ2v) is 9.63. The molecular weight excluding hydrogens is 503 g/mol. The highest BCUT2D eigenvalue weighted by molar-refractivity contribution is 6.42. The topological polar surface area (TPSA) is 89.3 Å². The second-order valence-electron chi connectivity index (χ2n) is 8.82. The third-order valence-corrected chi connectivity index (χ3v) is 7.08. The highest BCUT2D eigenvalue weighted by atomic mass is 35.5. The van der Waals surface area contributed by atoms with E-state index in [-0.39, 0.29) is 23.9 Å². The van der Waals surface area contributed by atoms with E-state index in [1.165, 1.54) is 15.7 Å². The first-order valence-electron chi connectivity index (χ1n) is 11.6. The Kier molecular flexibility index (Phi) is 8.08. The molecule has 10 heteroatoms. The maximum Gasteiger partial charge on any atom is 0.259 e. The van der Waals surface area contributed by atoms with Gasteiger partial charge in [-0.25, -0.2) is 0 Å². The predicted molar refractivity (Wildman–Crippen MR) is 139 cm³/mol. The third-order valence-electron chi connectivity index (χ3n) is 6.34. The van der Waals surface area contributed by atoms with Gasteiger partial charge in [-0.1, -0.05) is 47.5 Å². The molecule has 1 aliphatic rings. The normalized spacial score (nSPS) is 14.1. The van der Waals surface area contributed by atoms with Crippen LogP contribution in [0.15, 0.2) is 54.7 Å². The minimum Gasteiger partial charge on any atom is -0.503 e. The number of hydrogen-bond acceptors (Lipinski definition) is 5. The van der Waals surface area contributed by atoms with Crippen molar-refractivity contribution in [2.45, 2.75) is 13.1 Å². The summed E-state index contributed by atoms with van der Waals surface area (Å²) in [6.45, 7) is 3.86. The number of carbonyl (C=O) groups excluding carboxylic acids is 2. The molecule has 0 bridgehead atoms. The zero-order valence-corrected chi connectivity index (χ0v) is 21.4. The maximum atomic E-state index is 12.9. The number of hydrogen-bond donors (Lipinski definition) is 2. The molecular formula is C26H28Cl2N4O4. The number of halogens is 2. The summed E-state index contributed by atoms with van der Waals surface area (Å²) in [7, 11) is 1.61. The Balaban J connectivity index is 1.32. The molecule has 3 aromatic rings. The number of benzene rings is 2.